The van der Waals surface area contributed by atoms with Crippen LogP contribution < -0.4 is 16.4 Å². The minimum atomic E-state index is -3.49. The van der Waals surface area contributed by atoms with Crippen LogP contribution in [0, 0.1) is 22.7 Å². The van der Waals surface area contributed by atoms with E-state index < -0.39 is 49.6 Å². The molecule has 212 valence electrons. The maximum Gasteiger partial charge on any atom is 0.315 e. The predicted octanol–water partition coefficient (Wildman–Crippen LogP) is 2.97. The van der Waals surface area contributed by atoms with Crippen molar-refractivity contribution in [2.24, 2.45) is 28.4 Å². The Morgan fingerprint density at radius 1 is 1.03 bits per heavy atom. The Labute approximate surface area is 223 Å². The molecule has 1 heterocycles. The number of carbonyl (C=O) groups excluding carboxylic acids is 3. The van der Waals surface area contributed by atoms with Crippen molar-refractivity contribution in [2.45, 2.75) is 116 Å². The van der Waals surface area contributed by atoms with Gasteiger partial charge in [-0.15, -0.1) is 0 Å². The number of hydrogen-bond acceptors (Lipinski definition) is 5. The van der Waals surface area contributed by atoms with Gasteiger partial charge in [0.1, 0.15) is 12.1 Å². The van der Waals surface area contributed by atoms with Gasteiger partial charge in [0.15, 0.2) is 9.84 Å². The third kappa shape index (κ3) is 5.93. The van der Waals surface area contributed by atoms with Crippen molar-refractivity contribution in [1.82, 2.24) is 15.5 Å². The molecule has 4 amide bonds. The Morgan fingerprint density at radius 2 is 1.59 bits per heavy atom. The molecular weight excluding hydrogens is 492 g/mol. The Bertz CT molecular complexity index is 1020. The fourth-order valence-electron chi connectivity index (χ4n) is 6.52. The largest absolute Gasteiger partial charge is 0.368 e. The molecule has 4 N–H and O–H groups in total. The number of sulfone groups is 1. The van der Waals surface area contributed by atoms with E-state index in [2.05, 4.69) is 24.5 Å². The Hall–Kier alpha value is -1.84. The van der Waals surface area contributed by atoms with Gasteiger partial charge in [0.25, 0.3) is 0 Å². The molecule has 3 fully saturated rings. The molecule has 4 atom stereocenters. The van der Waals surface area contributed by atoms with E-state index in [4.69, 9.17) is 5.73 Å². The van der Waals surface area contributed by atoms with E-state index in [-0.39, 0.29) is 28.9 Å². The number of nitrogens with zero attached hydrogens (tertiary/aromatic N) is 1. The second-order valence-electron chi connectivity index (χ2n) is 14.4. The van der Waals surface area contributed by atoms with E-state index in [0.717, 1.165) is 25.7 Å². The van der Waals surface area contributed by atoms with Gasteiger partial charge in [-0.1, -0.05) is 53.9 Å². The summed E-state index contributed by atoms with van der Waals surface area (Å²) in [6.07, 6.45) is 4.61. The summed E-state index contributed by atoms with van der Waals surface area (Å²) in [6, 6.07) is -2.14. The summed E-state index contributed by atoms with van der Waals surface area (Å²) in [5.41, 5.74) is 4.26. The minimum Gasteiger partial charge on any atom is -0.368 e. The number of nitrogens with one attached hydrogen (secondary N) is 2. The highest BCUT2D eigenvalue weighted by molar-refractivity contribution is 7.92. The Morgan fingerprint density at radius 3 is 2.05 bits per heavy atom. The summed E-state index contributed by atoms with van der Waals surface area (Å²) in [5, 5.41) is 5.87. The number of fused-ring (bicyclic) bond motifs is 1. The molecule has 3 rings (SSSR count). The van der Waals surface area contributed by atoms with Crippen LogP contribution in [0.25, 0.3) is 0 Å². The van der Waals surface area contributed by atoms with Gasteiger partial charge < -0.3 is 21.3 Å². The number of likely N-dealkylation sites (tertiary alicyclic amines) is 1. The molecule has 4 unspecified atom stereocenters. The summed E-state index contributed by atoms with van der Waals surface area (Å²) in [4.78, 5) is 41.3. The molecule has 37 heavy (non-hydrogen) atoms. The van der Waals surface area contributed by atoms with Crippen LogP contribution in [0.5, 0.6) is 0 Å². The quantitative estimate of drug-likeness (QED) is 0.475. The van der Waals surface area contributed by atoms with Gasteiger partial charge in [0.05, 0.1) is 16.0 Å². The second-order valence-corrected chi connectivity index (χ2v) is 17.2. The first-order chi connectivity index (χ1) is 16.7. The average Bonchev–Trinajstić information content (AvgIpc) is 3.05. The van der Waals surface area contributed by atoms with Gasteiger partial charge in [-0.25, -0.2) is 13.2 Å². The maximum absolute atomic E-state index is 13.9. The molecule has 2 saturated carbocycles. The van der Waals surface area contributed by atoms with Crippen LogP contribution in [0.2, 0.25) is 0 Å². The van der Waals surface area contributed by atoms with Gasteiger partial charge >= 0.3 is 6.03 Å². The number of rotatable bonds is 6. The van der Waals surface area contributed by atoms with Crippen molar-refractivity contribution in [1.29, 1.82) is 0 Å². The summed E-state index contributed by atoms with van der Waals surface area (Å²) in [5.74, 6) is -0.742. The van der Waals surface area contributed by atoms with Gasteiger partial charge in [-0.3, -0.25) is 9.59 Å². The molecule has 0 aromatic rings. The topological polar surface area (TPSA) is 139 Å². The summed E-state index contributed by atoms with van der Waals surface area (Å²) >= 11 is 0. The lowest BCUT2D eigenvalue weighted by atomic mass is 9.55. The second kappa shape index (κ2) is 9.72. The SMILES string of the molecule is CC(C)(C)C(NC(=O)NC1(CS(=O)(=O)C(C)(C)C)CCCCC1)C(=O)N1CC2C(CC2(C)C)C1C(N)=O. The first kappa shape index (κ1) is 29.7. The van der Waals surface area contributed by atoms with Crippen LogP contribution in [0.4, 0.5) is 4.79 Å². The van der Waals surface area contributed by atoms with E-state index in [1.54, 1.807) is 25.7 Å². The summed E-state index contributed by atoms with van der Waals surface area (Å²) in [7, 11) is -3.49. The lowest BCUT2D eigenvalue weighted by Crippen LogP contribution is -2.63. The van der Waals surface area contributed by atoms with Gasteiger partial charge in [0.2, 0.25) is 11.8 Å². The van der Waals surface area contributed by atoms with Gasteiger partial charge in [-0.2, -0.15) is 0 Å². The van der Waals surface area contributed by atoms with Crippen LogP contribution in [-0.4, -0.2) is 65.8 Å². The monoisotopic (exact) mass is 540 g/mol. The van der Waals surface area contributed by atoms with Crippen molar-refractivity contribution < 1.29 is 22.8 Å². The van der Waals surface area contributed by atoms with E-state index >= 15 is 0 Å². The molecule has 3 aliphatic rings. The minimum absolute atomic E-state index is 0.0291. The molecule has 9 nitrogen and oxygen atoms in total. The van der Waals surface area contributed by atoms with Crippen molar-refractivity contribution in [3.8, 4) is 0 Å². The van der Waals surface area contributed by atoms with Crippen LogP contribution in [0.1, 0.15) is 93.9 Å². The first-order valence-electron chi connectivity index (χ1n) is 13.6. The van der Waals surface area contributed by atoms with Crippen molar-refractivity contribution in [2.75, 3.05) is 12.3 Å². The number of amides is 4. The van der Waals surface area contributed by atoms with Crippen molar-refractivity contribution in [3.63, 3.8) is 0 Å². The van der Waals surface area contributed by atoms with Crippen LogP contribution in [0.15, 0.2) is 0 Å². The number of hydrogen-bond donors (Lipinski definition) is 3. The van der Waals surface area contributed by atoms with Crippen molar-refractivity contribution in [3.05, 3.63) is 0 Å². The summed E-state index contributed by atoms with van der Waals surface area (Å²) < 4.78 is 25.3. The fourth-order valence-corrected chi connectivity index (χ4v) is 8.04. The zero-order chi connectivity index (χ0) is 28.2. The molecule has 0 bridgehead atoms. The highest BCUT2D eigenvalue weighted by Crippen LogP contribution is 2.57. The zero-order valence-corrected chi connectivity index (χ0v) is 24.8. The maximum atomic E-state index is 13.9. The molecule has 2 aliphatic carbocycles. The van der Waals surface area contributed by atoms with E-state index in [0.29, 0.717) is 19.4 Å². The number of nitrogens with two attached hydrogens (primary N) is 1. The molecule has 0 spiro atoms. The normalized spacial score (nSPS) is 28.0. The standard InChI is InChI=1S/C27H48N4O5S/c1-24(2,3)20(22(33)31-15-18-17(14-26(18,7)8)19(31)21(28)32)29-23(34)30-27(12-10-9-11-13-27)16-37(35,36)25(4,5)6/h17-20H,9-16H2,1-8H3,(H2,28,32)(H2,29,30,34). The van der Waals surface area contributed by atoms with E-state index in [1.807, 2.05) is 20.8 Å². The molecule has 1 aliphatic heterocycles. The molecule has 1 saturated heterocycles. The number of urea groups is 1. The smallest absolute Gasteiger partial charge is 0.315 e. The number of primary amides is 1. The van der Waals surface area contributed by atoms with Crippen LogP contribution in [0.3, 0.4) is 0 Å². The van der Waals surface area contributed by atoms with E-state index in [1.165, 1.54) is 0 Å². The molecular formula is C27H48N4O5S. The third-order valence-corrected chi connectivity index (χ3v) is 11.8. The molecule has 10 heteroatoms. The zero-order valence-electron chi connectivity index (χ0n) is 23.9. The molecule has 0 aromatic carbocycles. The van der Waals surface area contributed by atoms with Crippen LogP contribution >= 0.6 is 0 Å². The molecule has 0 aromatic heterocycles. The fraction of sp³-hybridized carbons (Fsp3) is 0.889. The Kier molecular flexibility index (Phi) is 7.81. The van der Waals surface area contributed by atoms with E-state index in [9.17, 15) is 22.8 Å². The van der Waals surface area contributed by atoms with Crippen LogP contribution in [-0.2, 0) is 19.4 Å². The van der Waals surface area contributed by atoms with Crippen molar-refractivity contribution >= 4 is 27.7 Å². The van der Waals surface area contributed by atoms with Gasteiger partial charge in [0, 0.05) is 6.54 Å². The highest BCUT2D eigenvalue weighted by atomic mass is 32.2. The molecule has 0 radical (unpaired) electrons. The highest BCUT2D eigenvalue weighted by Gasteiger charge is 2.60. The average molecular weight is 541 g/mol. The lowest BCUT2D eigenvalue weighted by molar-refractivity contribution is -0.141. The lowest BCUT2D eigenvalue weighted by Gasteiger charge is -2.48. The third-order valence-electron chi connectivity index (χ3n) is 8.97. The predicted molar refractivity (Wildman–Crippen MR) is 144 cm³/mol. The Balaban J connectivity index is 1.82. The van der Waals surface area contributed by atoms with Gasteiger partial charge in [-0.05, 0) is 62.7 Å². The number of carbonyl (C=O) groups is 3. The summed E-state index contributed by atoms with van der Waals surface area (Å²) in [6.45, 7) is 15.3. The first-order valence-corrected chi connectivity index (χ1v) is 15.3.